The first-order chi connectivity index (χ1) is 10.2. The summed E-state index contributed by atoms with van der Waals surface area (Å²) in [6.07, 6.45) is 0. The zero-order chi connectivity index (χ0) is 14.7. The zero-order valence-electron chi connectivity index (χ0n) is 11.7. The standard InChI is InChI=1S/C17H16N2O2/c1-12(20)18-15-9-7-14(8-10-15)17-19-16(11-21-17)13-5-3-2-4-6-13/h2-10,16H,11H2,1H3,(H,18,20). The summed E-state index contributed by atoms with van der Waals surface area (Å²) < 4.78 is 5.69. The smallest absolute Gasteiger partial charge is 0.221 e. The first-order valence-corrected chi connectivity index (χ1v) is 6.86. The van der Waals surface area contributed by atoms with Gasteiger partial charge < -0.3 is 10.1 Å². The van der Waals surface area contributed by atoms with Crippen LogP contribution in [0.3, 0.4) is 0 Å². The molecule has 0 fully saturated rings. The lowest BCUT2D eigenvalue weighted by Gasteiger charge is -2.04. The molecule has 1 amide bonds. The molecule has 4 heteroatoms. The van der Waals surface area contributed by atoms with Gasteiger partial charge in [0.25, 0.3) is 0 Å². The van der Waals surface area contributed by atoms with Crippen molar-refractivity contribution in [2.24, 2.45) is 4.99 Å². The quantitative estimate of drug-likeness (QED) is 0.939. The third-order valence-corrected chi connectivity index (χ3v) is 3.29. The van der Waals surface area contributed by atoms with E-state index in [4.69, 9.17) is 4.74 Å². The van der Waals surface area contributed by atoms with Gasteiger partial charge in [-0.1, -0.05) is 30.3 Å². The molecule has 0 spiro atoms. The van der Waals surface area contributed by atoms with Gasteiger partial charge in [-0.05, 0) is 29.8 Å². The van der Waals surface area contributed by atoms with Crippen LogP contribution in [0.25, 0.3) is 0 Å². The maximum absolute atomic E-state index is 11.0. The number of amides is 1. The second kappa shape index (κ2) is 5.79. The molecule has 1 heterocycles. The molecule has 2 aromatic rings. The zero-order valence-corrected chi connectivity index (χ0v) is 11.7. The Kier molecular flexibility index (Phi) is 3.69. The second-order valence-electron chi connectivity index (χ2n) is 4.93. The van der Waals surface area contributed by atoms with Crippen molar-refractivity contribution in [3.05, 3.63) is 65.7 Å². The van der Waals surface area contributed by atoms with Gasteiger partial charge in [-0.3, -0.25) is 4.79 Å². The van der Waals surface area contributed by atoms with Gasteiger partial charge in [-0.15, -0.1) is 0 Å². The Balaban J connectivity index is 1.77. The highest BCUT2D eigenvalue weighted by atomic mass is 16.5. The Hall–Kier alpha value is -2.62. The van der Waals surface area contributed by atoms with Crippen LogP contribution in [0, 0.1) is 0 Å². The average Bonchev–Trinajstić information content (AvgIpc) is 2.98. The van der Waals surface area contributed by atoms with E-state index in [2.05, 4.69) is 22.4 Å². The van der Waals surface area contributed by atoms with Crippen LogP contribution in [0.1, 0.15) is 24.1 Å². The number of ether oxygens (including phenoxy) is 1. The third kappa shape index (κ3) is 3.11. The number of nitrogens with zero attached hydrogens (tertiary/aromatic N) is 1. The fraction of sp³-hybridized carbons (Fsp3) is 0.176. The van der Waals surface area contributed by atoms with Gasteiger partial charge in [0, 0.05) is 18.2 Å². The number of hydrogen-bond donors (Lipinski definition) is 1. The van der Waals surface area contributed by atoms with Gasteiger partial charge in [0.2, 0.25) is 11.8 Å². The summed E-state index contributed by atoms with van der Waals surface area (Å²) in [4.78, 5) is 15.6. The molecule has 2 aromatic carbocycles. The number of nitrogens with one attached hydrogen (secondary N) is 1. The molecule has 1 aliphatic rings. The summed E-state index contributed by atoms with van der Waals surface area (Å²) in [5.41, 5.74) is 2.84. The fourth-order valence-electron chi connectivity index (χ4n) is 2.28. The monoisotopic (exact) mass is 280 g/mol. The molecule has 4 nitrogen and oxygen atoms in total. The van der Waals surface area contributed by atoms with Crippen LogP contribution >= 0.6 is 0 Å². The van der Waals surface area contributed by atoms with Crippen LogP contribution in [0.5, 0.6) is 0 Å². The van der Waals surface area contributed by atoms with Crippen LogP contribution < -0.4 is 5.32 Å². The van der Waals surface area contributed by atoms with E-state index in [0.717, 1.165) is 16.8 Å². The molecule has 21 heavy (non-hydrogen) atoms. The molecule has 0 radical (unpaired) electrons. The normalized spacial score (nSPS) is 17.0. The summed E-state index contributed by atoms with van der Waals surface area (Å²) in [5.74, 6) is 0.569. The molecule has 0 saturated carbocycles. The van der Waals surface area contributed by atoms with Crippen molar-refractivity contribution in [3.63, 3.8) is 0 Å². The lowest BCUT2D eigenvalue weighted by atomic mass is 10.1. The van der Waals surface area contributed by atoms with E-state index in [-0.39, 0.29) is 11.9 Å². The summed E-state index contributed by atoms with van der Waals surface area (Å²) in [7, 11) is 0. The van der Waals surface area contributed by atoms with Crippen LogP contribution in [0.2, 0.25) is 0 Å². The number of rotatable bonds is 3. The predicted molar refractivity (Wildman–Crippen MR) is 82.4 cm³/mol. The number of carbonyl (C=O) groups is 1. The molecule has 1 atom stereocenters. The van der Waals surface area contributed by atoms with E-state index in [1.807, 2.05) is 42.5 Å². The van der Waals surface area contributed by atoms with Crippen LogP contribution in [-0.2, 0) is 9.53 Å². The molecule has 0 aliphatic carbocycles. The molecule has 0 saturated heterocycles. The Labute approximate surface area is 123 Å². The Morgan fingerprint density at radius 3 is 2.52 bits per heavy atom. The minimum absolute atomic E-state index is 0.0521. The molecule has 1 N–H and O–H groups in total. The second-order valence-corrected chi connectivity index (χ2v) is 4.93. The molecule has 3 rings (SSSR count). The predicted octanol–water partition coefficient (Wildman–Crippen LogP) is 3.16. The van der Waals surface area contributed by atoms with E-state index in [1.165, 1.54) is 6.92 Å². The average molecular weight is 280 g/mol. The maximum Gasteiger partial charge on any atom is 0.221 e. The van der Waals surface area contributed by atoms with Gasteiger partial charge in [-0.25, -0.2) is 4.99 Å². The molecule has 1 unspecified atom stereocenters. The van der Waals surface area contributed by atoms with E-state index >= 15 is 0 Å². The molecule has 1 aliphatic heterocycles. The first kappa shape index (κ1) is 13.4. The van der Waals surface area contributed by atoms with E-state index in [9.17, 15) is 4.79 Å². The minimum Gasteiger partial charge on any atom is -0.475 e. The number of benzene rings is 2. The van der Waals surface area contributed by atoms with Crippen molar-refractivity contribution in [1.82, 2.24) is 0 Å². The lowest BCUT2D eigenvalue weighted by molar-refractivity contribution is -0.114. The molecule has 0 bridgehead atoms. The SMILES string of the molecule is CC(=O)Nc1ccc(C2=NC(c3ccccc3)CO2)cc1. The number of hydrogen-bond acceptors (Lipinski definition) is 3. The number of anilines is 1. The Bertz CT molecular complexity index is 663. The highest BCUT2D eigenvalue weighted by molar-refractivity contribution is 5.96. The molecule has 0 aromatic heterocycles. The maximum atomic E-state index is 11.0. The van der Waals surface area contributed by atoms with Crippen molar-refractivity contribution in [3.8, 4) is 0 Å². The van der Waals surface area contributed by atoms with Crippen molar-refractivity contribution >= 4 is 17.5 Å². The van der Waals surface area contributed by atoms with Gasteiger partial charge in [0.15, 0.2) is 0 Å². The van der Waals surface area contributed by atoms with E-state index < -0.39 is 0 Å². The van der Waals surface area contributed by atoms with Crippen molar-refractivity contribution in [1.29, 1.82) is 0 Å². The first-order valence-electron chi connectivity index (χ1n) is 6.86. The van der Waals surface area contributed by atoms with E-state index in [1.54, 1.807) is 0 Å². The highest BCUT2D eigenvalue weighted by Gasteiger charge is 2.21. The van der Waals surface area contributed by atoms with Crippen LogP contribution in [0.4, 0.5) is 5.69 Å². The summed E-state index contributed by atoms with van der Waals surface area (Å²) in [6, 6.07) is 17.7. The van der Waals surface area contributed by atoms with Crippen molar-refractivity contribution < 1.29 is 9.53 Å². The minimum atomic E-state index is -0.0821. The van der Waals surface area contributed by atoms with Gasteiger partial charge in [-0.2, -0.15) is 0 Å². The third-order valence-electron chi connectivity index (χ3n) is 3.29. The Morgan fingerprint density at radius 1 is 1.14 bits per heavy atom. The topological polar surface area (TPSA) is 50.7 Å². The van der Waals surface area contributed by atoms with Gasteiger partial charge in [0.05, 0.1) is 0 Å². The molecule has 106 valence electrons. The van der Waals surface area contributed by atoms with Crippen LogP contribution in [0.15, 0.2) is 59.6 Å². The molecular formula is C17H16N2O2. The van der Waals surface area contributed by atoms with Gasteiger partial charge >= 0.3 is 0 Å². The number of aliphatic imine (C=N–C) groups is 1. The van der Waals surface area contributed by atoms with Gasteiger partial charge in [0.1, 0.15) is 12.6 Å². The van der Waals surface area contributed by atoms with E-state index in [0.29, 0.717) is 12.5 Å². The largest absolute Gasteiger partial charge is 0.475 e. The highest BCUT2D eigenvalue weighted by Crippen LogP contribution is 2.25. The Morgan fingerprint density at radius 2 is 1.86 bits per heavy atom. The van der Waals surface area contributed by atoms with Crippen molar-refractivity contribution in [2.75, 3.05) is 11.9 Å². The van der Waals surface area contributed by atoms with Crippen LogP contribution in [-0.4, -0.2) is 18.4 Å². The molecular weight excluding hydrogens is 264 g/mol. The summed E-state index contributed by atoms with van der Waals surface area (Å²) in [5, 5.41) is 2.74. The fourth-order valence-corrected chi connectivity index (χ4v) is 2.28. The van der Waals surface area contributed by atoms with Crippen molar-refractivity contribution in [2.45, 2.75) is 13.0 Å². The summed E-state index contributed by atoms with van der Waals surface area (Å²) >= 11 is 0. The summed E-state index contributed by atoms with van der Waals surface area (Å²) in [6.45, 7) is 2.05. The lowest BCUT2D eigenvalue weighted by Crippen LogP contribution is -2.06. The number of carbonyl (C=O) groups excluding carboxylic acids is 1.